The monoisotopic (exact) mass is 506 g/mol. The number of nitrogens with two attached hydrogens (primary N) is 2. The van der Waals surface area contributed by atoms with Gasteiger partial charge in [-0.05, 0) is 42.3 Å². The molecule has 2 atom stereocenters. The molecule has 2 aromatic carbocycles. The Morgan fingerprint density at radius 2 is 1.94 bits per heavy atom. The predicted octanol–water partition coefficient (Wildman–Crippen LogP) is 3.92. The minimum absolute atomic E-state index is 0.0368. The second-order valence-electron chi connectivity index (χ2n) is 8.45. The highest BCUT2D eigenvalue weighted by Crippen LogP contribution is 2.33. The molecule has 0 spiro atoms. The topological polar surface area (TPSA) is 130 Å². The third kappa shape index (κ3) is 5.43. The molecule has 1 aliphatic heterocycles. The highest BCUT2D eigenvalue weighted by atomic mass is 35.5. The fourth-order valence-electron chi connectivity index (χ4n) is 4.22. The number of aromatic nitrogens is 3. The van der Waals surface area contributed by atoms with Gasteiger partial charge in [0.25, 0.3) is 0 Å². The van der Waals surface area contributed by atoms with E-state index < -0.39 is 0 Å². The Hall–Kier alpha value is -3.66. The van der Waals surface area contributed by atoms with E-state index >= 15 is 0 Å². The quantitative estimate of drug-likeness (QED) is 0.304. The molecule has 0 bridgehead atoms. The molecule has 10 heteroatoms. The van der Waals surface area contributed by atoms with Gasteiger partial charge in [-0.1, -0.05) is 23.7 Å². The van der Waals surface area contributed by atoms with Crippen LogP contribution in [-0.4, -0.2) is 40.8 Å². The molecule has 0 saturated carbocycles. The molecule has 1 fully saturated rings. The van der Waals surface area contributed by atoms with E-state index in [1.54, 1.807) is 18.3 Å². The van der Waals surface area contributed by atoms with Crippen molar-refractivity contribution in [1.82, 2.24) is 20.3 Å². The van der Waals surface area contributed by atoms with Crippen LogP contribution in [0.5, 0.6) is 11.5 Å². The maximum Gasteiger partial charge on any atom is 0.144 e. The van der Waals surface area contributed by atoms with Crippen LogP contribution in [0.1, 0.15) is 23.8 Å². The van der Waals surface area contributed by atoms with Crippen molar-refractivity contribution < 1.29 is 14.2 Å². The molecule has 36 heavy (non-hydrogen) atoms. The van der Waals surface area contributed by atoms with Gasteiger partial charge in [0.15, 0.2) is 0 Å². The lowest BCUT2D eigenvalue weighted by molar-refractivity contribution is -0.0109. The molecule has 5 rings (SSSR count). The molecule has 5 N–H and O–H groups in total. The second-order valence-corrected chi connectivity index (χ2v) is 8.86. The Kier molecular flexibility index (Phi) is 7.31. The van der Waals surface area contributed by atoms with Crippen molar-refractivity contribution in [2.75, 3.05) is 31.2 Å². The van der Waals surface area contributed by atoms with Gasteiger partial charge in [-0.3, -0.25) is 4.98 Å². The summed E-state index contributed by atoms with van der Waals surface area (Å²) in [7, 11) is 0. The zero-order valence-corrected chi connectivity index (χ0v) is 20.3. The number of nitrogen functional groups attached to an aromatic ring is 2. The van der Waals surface area contributed by atoms with Crippen molar-refractivity contribution in [2.24, 2.45) is 0 Å². The maximum atomic E-state index is 6.54. The highest BCUT2D eigenvalue weighted by molar-refractivity contribution is 6.32. The van der Waals surface area contributed by atoms with Gasteiger partial charge in [0.1, 0.15) is 30.3 Å². The van der Waals surface area contributed by atoms with Crippen LogP contribution in [0.25, 0.3) is 10.9 Å². The van der Waals surface area contributed by atoms with Crippen LogP contribution in [0.2, 0.25) is 5.02 Å². The van der Waals surface area contributed by atoms with Crippen molar-refractivity contribution in [3.63, 3.8) is 0 Å². The Morgan fingerprint density at radius 1 is 1.03 bits per heavy atom. The first kappa shape index (κ1) is 24.1. The largest absolute Gasteiger partial charge is 0.491 e. The number of ether oxygens (including phenoxy) is 3. The summed E-state index contributed by atoms with van der Waals surface area (Å²) in [5.74, 6) is 1.55. The van der Waals surface area contributed by atoms with Crippen LogP contribution in [0, 0.1) is 0 Å². The van der Waals surface area contributed by atoms with Crippen LogP contribution in [0.15, 0.2) is 61.1 Å². The summed E-state index contributed by atoms with van der Waals surface area (Å²) in [5.41, 5.74) is 15.1. The first-order valence-electron chi connectivity index (χ1n) is 11.7. The maximum absolute atomic E-state index is 6.54. The summed E-state index contributed by atoms with van der Waals surface area (Å²) in [6, 6.07) is 15.0. The summed E-state index contributed by atoms with van der Waals surface area (Å²) in [5, 5.41) is 4.76. The number of pyridine rings is 1. The SMILES string of the molecule is Nc1cc2c(N)ncnc2cc1OCCC1NCCOC1c1ccc(OCc2ccccn2)c(Cl)c1. The smallest absolute Gasteiger partial charge is 0.144 e. The summed E-state index contributed by atoms with van der Waals surface area (Å²) >= 11 is 6.54. The van der Waals surface area contributed by atoms with Gasteiger partial charge in [0.2, 0.25) is 0 Å². The Morgan fingerprint density at radius 3 is 2.78 bits per heavy atom. The molecule has 4 aromatic rings. The van der Waals surface area contributed by atoms with E-state index in [4.69, 9.17) is 37.3 Å². The van der Waals surface area contributed by atoms with Crippen molar-refractivity contribution in [3.05, 3.63) is 77.3 Å². The van der Waals surface area contributed by atoms with E-state index in [2.05, 4.69) is 20.3 Å². The molecule has 1 aliphatic rings. The molecule has 1 saturated heterocycles. The standard InChI is InChI=1S/C26H27ClN6O3/c27-19-11-16(4-5-23(19)36-14-17-3-1-2-7-30-17)25-21(31-8-10-35-25)6-9-34-24-13-22-18(12-20(24)28)26(29)33-15-32-22/h1-5,7,11-13,15,21,25,31H,6,8-10,14,28H2,(H2,29,32,33). The van der Waals surface area contributed by atoms with E-state index in [0.717, 1.165) is 17.8 Å². The van der Waals surface area contributed by atoms with E-state index in [9.17, 15) is 0 Å². The molecular formula is C26H27ClN6O3. The molecule has 2 unspecified atom stereocenters. The van der Waals surface area contributed by atoms with E-state index in [-0.39, 0.29) is 12.1 Å². The zero-order valence-electron chi connectivity index (χ0n) is 19.6. The van der Waals surface area contributed by atoms with Gasteiger partial charge in [-0.25, -0.2) is 9.97 Å². The number of rotatable bonds is 8. The number of halogens is 1. The first-order valence-corrected chi connectivity index (χ1v) is 12.1. The van der Waals surface area contributed by atoms with Crippen LogP contribution < -0.4 is 26.3 Å². The van der Waals surface area contributed by atoms with Gasteiger partial charge in [0.05, 0.1) is 41.2 Å². The van der Waals surface area contributed by atoms with Gasteiger partial charge in [-0.15, -0.1) is 0 Å². The summed E-state index contributed by atoms with van der Waals surface area (Å²) in [6.45, 7) is 2.15. The number of hydrogen-bond acceptors (Lipinski definition) is 9. The third-order valence-corrected chi connectivity index (χ3v) is 6.34. The molecule has 2 aromatic heterocycles. The fourth-order valence-corrected chi connectivity index (χ4v) is 4.47. The van der Waals surface area contributed by atoms with Crippen LogP contribution in [-0.2, 0) is 11.3 Å². The van der Waals surface area contributed by atoms with Gasteiger partial charge < -0.3 is 31.0 Å². The van der Waals surface area contributed by atoms with Crippen LogP contribution in [0.4, 0.5) is 11.5 Å². The average molecular weight is 507 g/mol. The van der Waals surface area contributed by atoms with E-state index in [0.29, 0.717) is 65.2 Å². The van der Waals surface area contributed by atoms with Crippen LogP contribution in [0.3, 0.4) is 0 Å². The third-order valence-electron chi connectivity index (χ3n) is 6.04. The summed E-state index contributed by atoms with van der Waals surface area (Å²) < 4.78 is 18.0. The summed E-state index contributed by atoms with van der Waals surface area (Å²) in [4.78, 5) is 12.5. The lowest BCUT2D eigenvalue weighted by atomic mass is 9.98. The van der Waals surface area contributed by atoms with Gasteiger partial charge >= 0.3 is 0 Å². The highest BCUT2D eigenvalue weighted by Gasteiger charge is 2.28. The van der Waals surface area contributed by atoms with Gasteiger partial charge in [0, 0.05) is 30.2 Å². The molecule has 186 valence electrons. The van der Waals surface area contributed by atoms with Crippen LogP contribution >= 0.6 is 11.6 Å². The number of benzene rings is 2. The lowest BCUT2D eigenvalue weighted by Gasteiger charge is -2.33. The van der Waals surface area contributed by atoms with E-state index in [1.807, 2.05) is 36.4 Å². The summed E-state index contributed by atoms with van der Waals surface area (Å²) in [6.07, 6.45) is 3.68. The Labute approximate surface area is 213 Å². The number of morpholine rings is 1. The fraction of sp³-hybridized carbons (Fsp3) is 0.269. The molecular weight excluding hydrogens is 480 g/mol. The van der Waals surface area contributed by atoms with Crippen molar-refractivity contribution in [3.8, 4) is 11.5 Å². The zero-order chi connectivity index (χ0) is 24.9. The minimum Gasteiger partial charge on any atom is -0.491 e. The number of hydrogen-bond donors (Lipinski definition) is 3. The lowest BCUT2D eigenvalue weighted by Crippen LogP contribution is -2.44. The number of anilines is 2. The molecule has 9 nitrogen and oxygen atoms in total. The molecule has 3 heterocycles. The van der Waals surface area contributed by atoms with Crippen molar-refractivity contribution in [2.45, 2.75) is 25.2 Å². The number of fused-ring (bicyclic) bond motifs is 1. The first-order chi connectivity index (χ1) is 17.6. The van der Waals surface area contributed by atoms with Crippen molar-refractivity contribution in [1.29, 1.82) is 0 Å². The molecule has 0 radical (unpaired) electrons. The number of nitrogens with zero attached hydrogens (tertiary/aromatic N) is 3. The molecule has 0 aliphatic carbocycles. The normalized spacial score (nSPS) is 17.7. The minimum atomic E-state index is -0.175. The number of nitrogens with one attached hydrogen (secondary N) is 1. The average Bonchev–Trinajstić information content (AvgIpc) is 2.90. The van der Waals surface area contributed by atoms with Crippen molar-refractivity contribution >= 4 is 34.0 Å². The predicted molar refractivity (Wildman–Crippen MR) is 139 cm³/mol. The Balaban J connectivity index is 1.23. The second kappa shape index (κ2) is 10.9. The Bertz CT molecular complexity index is 1340. The molecule has 0 amide bonds. The van der Waals surface area contributed by atoms with E-state index in [1.165, 1.54) is 6.33 Å². The van der Waals surface area contributed by atoms with Gasteiger partial charge in [-0.2, -0.15) is 0 Å².